The van der Waals surface area contributed by atoms with Gasteiger partial charge in [-0.3, -0.25) is 0 Å². The summed E-state index contributed by atoms with van der Waals surface area (Å²) >= 11 is 0. The Kier molecular flexibility index (Phi) is 2.33. The van der Waals surface area contributed by atoms with E-state index in [9.17, 15) is 13.2 Å². The second kappa shape index (κ2) is 3.40. The lowest BCUT2D eigenvalue weighted by molar-refractivity contribution is -0.137. The predicted molar refractivity (Wildman–Crippen MR) is 53.2 cm³/mol. The number of hydrogen-bond acceptors (Lipinski definition) is 0. The molecule has 1 aliphatic carbocycles. The van der Waals surface area contributed by atoms with E-state index in [1.165, 1.54) is 12.1 Å². The maximum absolute atomic E-state index is 12.4. The summed E-state index contributed by atoms with van der Waals surface area (Å²) in [5.74, 6) is 0.397. The molecule has 1 aromatic carbocycles. The van der Waals surface area contributed by atoms with Gasteiger partial charge in [-0.15, -0.1) is 0 Å². The van der Waals surface area contributed by atoms with Crippen molar-refractivity contribution in [2.75, 3.05) is 0 Å². The molecule has 1 aliphatic rings. The van der Waals surface area contributed by atoms with Crippen LogP contribution in [0.2, 0.25) is 0 Å². The average molecular weight is 212 g/mol. The van der Waals surface area contributed by atoms with E-state index >= 15 is 0 Å². The molecular formula is C12H11F3. The smallest absolute Gasteiger partial charge is 0.166 e. The fourth-order valence-electron chi connectivity index (χ4n) is 1.56. The zero-order valence-electron chi connectivity index (χ0n) is 8.14. The number of alkyl halides is 3. The molecule has 1 aromatic rings. The van der Waals surface area contributed by atoms with Crippen molar-refractivity contribution in [3.63, 3.8) is 0 Å². The van der Waals surface area contributed by atoms with Crippen LogP contribution in [0.4, 0.5) is 13.2 Å². The van der Waals surface area contributed by atoms with E-state index in [4.69, 9.17) is 0 Å². The minimum Gasteiger partial charge on any atom is -0.166 e. The van der Waals surface area contributed by atoms with E-state index in [-0.39, 0.29) is 0 Å². The fraction of sp³-hybridized carbons (Fsp3) is 0.333. The fourth-order valence-corrected chi connectivity index (χ4v) is 1.56. The first-order valence-electron chi connectivity index (χ1n) is 4.85. The molecule has 0 aliphatic heterocycles. The molecule has 0 heterocycles. The van der Waals surface area contributed by atoms with Crippen LogP contribution < -0.4 is 0 Å². The van der Waals surface area contributed by atoms with Gasteiger partial charge in [-0.25, -0.2) is 0 Å². The summed E-state index contributed by atoms with van der Waals surface area (Å²) in [7, 11) is 0. The van der Waals surface area contributed by atoms with Crippen molar-refractivity contribution >= 4 is 5.57 Å². The van der Waals surface area contributed by atoms with E-state index in [1.54, 1.807) is 6.07 Å². The van der Waals surface area contributed by atoms with Crippen LogP contribution in [0.25, 0.3) is 5.57 Å². The van der Waals surface area contributed by atoms with Crippen LogP contribution in [0.1, 0.15) is 24.0 Å². The monoisotopic (exact) mass is 212 g/mol. The highest BCUT2D eigenvalue weighted by atomic mass is 19.4. The molecule has 0 unspecified atom stereocenters. The summed E-state index contributed by atoms with van der Waals surface area (Å²) < 4.78 is 37.3. The van der Waals surface area contributed by atoms with Gasteiger partial charge >= 0.3 is 6.18 Å². The molecule has 0 saturated heterocycles. The van der Waals surface area contributed by atoms with Crippen molar-refractivity contribution in [1.29, 1.82) is 0 Å². The van der Waals surface area contributed by atoms with Gasteiger partial charge in [-0.2, -0.15) is 13.2 Å². The van der Waals surface area contributed by atoms with E-state index in [0.29, 0.717) is 11.5 Å². The van der Waals surface area contributed by atoms with Gasteiger partial charge in [0, 0.05) is 0 Å². The first-order valence-corrected chi connectivity index (χ1v) is 4.85. The van der Waals surface area contributed by atoms with Crippen LogP contribution in [0.5, 0.6) is 0 Å². The SMILES string of the molecule is C=C(c1cccc(C(F)(F)F)c1)C1CC1. The molecule has 15 heavy (non-hydrogen) atoms. The number of hydrogen-bond donors (Lipinski definition) is 0. The Labute approximate surface area is 86.4 Å². The Bertz CT molecular complexity index is 386. The van der Waals surface area contributed by atoms with E-state index in [2.05, 4.69) is 6.58 Å². The molecule has 1 fully saturated rings. The Morgan fingerprint density at radius 2 is 1.93 bits per heavy atom. The highest BCUT2D eigenvalue weighted by Gasteiger charge is 2.31. The van der Waals surface area contributed by atoms with Gasteiger partial charge in [0.25, 0.3) is 0 Å². The highest BCUT2D eigenvalue weighted by molar-refractivity contribution is 5.67. The molecule has 1 saturated carbocycles. The minimum atomic E-state index is -4.26. The van der Waals surface area contributed by atoms with Crippen LogP contribution in [0, 0.1) is 5.92 Å². The largest absolute Gasteiger partial charge is 0.416 e. The van der Waals surface area contributed by atoms with E-state index in [1.807, 2.05) is 0 Å². The molecule has 0 nitrogen and oxygen atoms in total. The van der Waals surface area contributed by atoms with Crippen LogP contribution >= 0.6 is 0 Å². The first kappa shape index (κ1) is 10.3. The van der Waals surface area contributed by atoms with Crippen LogP contribution in [-0.4, -0.2) is 0 Å². The molecule has 0 radical (unpaired) electrons. The third-order valence-electron chi connectivity index (χ3n) is 2.63. The van der Waals surface area contributed by atoms with E-state index in [0.717, 1.165) is 24.5 Å². The molecule has 3 heteroatoms. The number of allylic oxidation sites excluding steroid dienone is 1. The van der Waals surface area contributed by atoms with Crippen LogP contribution in [0.15, 0.2) is 30.8 Å². The summed E-state index contributed by atoms with van der Waals surface area (Å²) in [5, 5.41) is 0. The average Bonchev–Trinajstić information content (AvgIpc) is 2.99. The lowest BCUT2D eigenvalue weighted by Gasteiger charge is -2.09. The summed E-state index contributed by atoms with van der Waals surface area (Å²) in [4.78, 5) is 0. The van der Waals surface area contributed by atoms with Crippen molar-refractivity contribution in [2.45, 2.75) is 19.0 Å². The highest BCUT2D eigenvalue weighted by Crippen LogP contribution is 2.41. The normalized spacial score (nSPS) is 16.5. The molecule has 0 bridgehead atoms. The predicted octanol–water partition coefficient (Wildman–Crippen LogP) is 4.13. The second-order valence-corrected chi connectivity index (χ2v) is 3.88. The minimum absolute atomic E-state index is 0.397. The molecule has 0 spiro atoms. The van der Waals surface area contributed by atoms with E-state index < -0.39 is 11.7 Å². The quantitative estimate of drug-likeness (QED) is 0.691. The van der Waals surface area contributed by atoms with Crippen molar-refractivity contribution < 1.29 is 13.2 Å². The van der Waals surface area contributed by atoms with Gasteiger partial charge < -0.3 is 0 Å². The Morgan fingerprint density at radius 1 is 1.27 bits per heavy atom. The molecular weight excluding hydrogens is 201 g/mol. The lowest BCUT2D eigenvalue weighted by atomic mass is 10.0. The zero-order valence-corrected chi connectivity index (χ0v) is 8.14. The van der Waals surface area contributed by atoms with Crippen LogP contribution in [0.3, 0.4) is 0 Å². The number of rotatable bonds is 2. The maximum Gasteiger partial charge on any atom is 0.416 e. The van der Waals surface area contributed by atoms with Gasteiger partial charge in [0.05, 0.1) is 5.56 Å². The van der Waals surface area contributed by atoms with Gasteiger partial charge in [-0.05, 0) is 42.0 Å². The number of halogens is 3. The topological polar surface area (TPSA) is 0 Å². The summed E-state index contributed by atoms with van der Waals surface area (Å²) in [5.41, 5.74) is 0.857. The Hall–Kier alpha value is -1.25. The third-order valence-corrected chi connectivity index (χ3v) is 2.63. The summed E-state index contributed by atoms with van der Waals surface area (Å²) in [6, 6.07) is 5.39. The molecule has 0 atom stereocenters. The summed E-state index contributed by atoms with van der Waals surface area (Å²) in [6.07, 6.45) is -2.16. The van der Waals surface area contributed by atoms with Crippen molar-refractivity contribution in [3.05, 3.63) is 42.0 Å². The first-order chi connectivity index (χ1) is 6.98. The van der Waals surface area contributed by atoms with Gasteiger partial charge in [0.1, 0.15) is 0 Å². The maximum atomic E-state index is 12.4. The third kappa shape index (κ3) is 2.22. The van der Waals surface area contributed by atoms with Crippen molar-refractivity contribution in [1.82, 2.24) is 0 Å². The Morgan fingerprint density at radius 3 is 2.47 bits per heavy atom. The summed E-state index contributed by atoms with van der Waals surface area (Å²) in [6.45, 7) is 3.84. The molecule has 0 N–H and O–H groups in total. The number of benzene rings is 1. The zero-order chi connectivity index (χ0) is 11.1. The molecule has 80 valence electrons. The van der Waals surface area contributed by atoms with Crippen LogP contribution in [-0.2, 0) is 6.18 Å². The second-order valence-electron chi connectivity index (χ2n) is 3.88. The van der Waals surface area contributed by atoms with Crippen molar-refractivity contribution in [3.8, 4) is 0 Å². The van der Waals surface area contributed by atoms with Gasteiger partial charge in [0.2, 0.25) is 0 Å². The Balaban J connectivity index is 2.29. The van der Waals surface area contributed by atoms with Gasteiger partial charge in [-0.1, -0.05) is 18.7 Å². The molecule has 0 amide bonds. The standard InChI is InChI=1S/C12H11F3/c1-8(9-5-6-9)10-3-2-4-11(7-10)12(13,14)15/h2-4,7,9H,1,5-6H2. The van der Waals surface area contributed by atoms with Gasteiger partial charge in [0.15, 0.2) is 0 Å². The lowest BCUT2D eigenvalue weighted by Crippen LogP contribution is -2.05. The van der Waals surface area contributed by atoms with Crippen molar-refractivity contribution in [2.24, 2.45) is 5.92 Å². The molecule has 0 aromatic heterocycles. The molecule has 2 rings (SSSR count).